The molecular weight excluding hydrogens is 302 g/mol. The molecule has 0 aromatic carbocycles. The van der Waals surface area contributed by atoms with Crippen LogP contribution in [0.1, 0.15) is 64.7 Å². The van der Waals surface area contributed by atoms with Crippen LogP contribution in [0.2, 0.25) is 0 Å². The predicted molar refractivity (Wildman–Crippen MR) is 91.1 cm³/mol. The van der Waals surface area contributed by atoms with Gasteiger partial charge in [0.2, 0.25) is 0 Å². The van der Waals surface area contributed by atoms with Crippen LogP contribution >= 0.6 is 0 Å². The maximum atomic E-state index is 12.6. The molecule has 2 atom stereocenters. The van der Waals surface area contributed by atoms with Gasteiger partial charge in [-0.05, 0) is 74.5 Å². The highest BCUT2D eigenvalue weighted by molar-refractivity contribution is 5.81. The van der Waals surface area contributed by atoms with Crippen molar-refractivity contribution in [2.24, 2.45) is 35.5 Å². The number of rotatable bonds is 4. The molecule has 5 fully saturated rings. The topological polar surface area (TPSA) is 55.4 Å². The number of hydrogen-bond donors (Lipinski definition) is 1. The maximum Gasteiger partial charge on any atom is 0.310 e. The van der Waals surface area contributed by atoms with Gasteiger partial charge in [-0.1, -0.05) is 19.8 Å². The molecule has 1 N–H and O–H groups in total. The molecule has 4 bridgehead atoms. The fourth-order valence-corrected chi connectivity index (χ4v) is 6.32. The zero-order valence-electron chi connectivity index (χ0n) is 14.8. The Morgan fingerprint density at radius 2 is 1.58 bits per heavy atom. The van der Waals surface area contributed by atoms with E-state index in [1.165, 1.54) is 51.4 Å². The SMILES string of the molecule is C[C@@H]1CCCC[C@H]1NC(=O)COC(=O)C1C2CC3CC(C2)CC1C3. The minimum absolute atomic E-state index is 0.0687. The van der Waals surface area contributed by atoms with Gasteiger partial charge in [0.25, 0.3) is 5.91 Å². The fraction of sp³-hybridized carbons (Fsp3) is 0.900. The minimum atomic E-state index is -0.120. The third-order valence-corrected chi connectivity index (χ3v) is 7.30. The number of carbonyl (C=O) groups is 2. The second-order valence-electron chi connectivity index (χ2n) is 9.00. The Bertz CT molecular complexity index is 475. The summed E-state index contributed by atoms with van der Waals surface area (Å²) in [5.41, 5.74) is 0. The van der Waals surface area contributed by atoms with Crippen LogP contribution < -0.4 is 5.32 Å². The van der Waals surface area contributed by atoms with E-state index in [0.29, 0.717) is 17.8 Å². The van der Waals surface area contributed by atoms with E-state index in [0.717, 1.165) is 18.3 Å². The molecular formula is C20H31NO3. The minimum Gasteiger partial charge on any atom is -0.455 e. The van der Waals surface area contributed by atoms with Gasteiger partial charge in [0.15, 0.2) is 6.61 Å². The van der Waals surface area contributed by atoms with Crippen LogP contribution in [0.15, 0.2) is 0 Å². The van der Waals surface area contributed by atoms with Crippen molar-refractivity contribution >= 4 is 11.9 Å². The van der Waals surface area contributed by atoms with Crippen molar-refractivity contribution in [3.8, 4) is 0 Å². The van der Waals surface area contributed by atoms with Crippen molar-refractivity contribution in [2.75, 3.05) is 6.61 Å². The van der Waals surface area contributed by atoms with Crippen LogP contribution in [0.4, 0.5) is 0 Å². The average Bonchev–Trinajstić information content (AvgIpc) is 2.54. The summed E-state index contributed by atoms with van der Waals surface area (Å²) < 4.78 is 5.46. The van der Waals surface area contributed by atoms with E-state index >= 15 is 0 Å². The molecule has 134 valence electrons. The molecule has 24 heavy (non-hydrogen) atoms. The molecule has 5 aliphatic carbocycles. The molecule has 5 aliphatic rings. The Kier molecular flexibility index (Phi) is 4.57. The Morgan fingerprint density at radius 3 is 2.21 bits per heavy atom. The van der Waals surface area contributed by atoms with Gasteiger partial charge in [-0.2, -0.15) is 0 Å². The number of carbonyl (C=O) groups excluding carboxylic acids is 2. The fourth-order valence-electron chi connectivity index (χ4n) is 6.32. The highest BCUT2D eigenvalue weighted by atomic mass is 16.5. The van der Waals surface area contributed by atoms with Crippen molar-refractivity contribution in [3.05, 3.63) is 0 Å². The van der Waals surface area contributed by atoms with E-state index in [-0.39, 0.29) is 30.4 Å². The van der Waals surface area contributed by atoms with Crippen molar-refractivity contribution in [1.29, 1.82) is 0 Å². The molecule has 0 heterocycles. The lowest BCUT2D eigenvalue weighted by atomic mass is 9.52. The van der Waals surface area contributed by atoms with Crippen LogP contribution in [0.3, 0.4) is 0 Å². The van der Waals surface area contributed by atoms with E-state index in [2.05, 4.69) is 12.2 Å². The number of esters is 1. The zero-order chi connectivity index (χ0) is 16.7. The van der Waals surface area contributed by atoms with Gasteiger partial charge < -0.3 is 10.1 Å². The van der Waals surface area contributed by atoms with E-state index in [4.69, 9.17) is 4.74 Å². The van der Waals surface area contributed by atoms with Crippen molar-refractivity contribution in [1.82, 2.24) is 5.32 Å². The Balaban J connectivity index is 1.27. The average molecular weight is 333 g/mol. The van der Waals surface area contributed by atoms with Gasteiger partial charge in [0.05, 0.1) is 5.92 Å². The third-order valence-electron chi connectivity index (χ3n) is 7.30. The first kappa shape index (κ1) is 16.4. The zero-order valence-corrected chi connectivity index (χ0v) is 14.8. The van der Waals surface area contributed by atoms with Crippen LogP contribution in [0, 0.1) is 35.5 Å². The van der Waals surface area contributed by atoms with E-state index < -0.39 is 0 Å². The van der Waals surface area contributed by atoms with Gasteiger partial charge in [0, 0.05) is 6.04 Å². The summed E-state index contributed by atoms with van der Waals surface area (Å²) >= 11 is 0. The standard InChI is InChI=1S/C20H31NO3/c1-12-4-2-3-5-17(12)21-18(22)11-24-20(23)19-15-7-13-6-14(9-15)10-16(19)8-13/h12-17,19H,2-11H2,1H3,(H,21,22)/t12-,13?,14?,15?,16?,17-,19?/m1/s1. The molecule has 0 aliphatic heterocycles. The summed E-state index contributed by atoms with van der Waals surface area (Å²) in [6.45, 7) is 2.11. The molecule has 0 spiro atoms. The number of ether oxygens (including phenoxy) is 1. The van der Waals surface area contributed by atoms with Gasteiger partial charge in [-0.15, -0.1) is 0 Å². The van der Waals surface area contributed by atoms with Gasteiger partial charge in [0.1, 0.15) is 0 Å². The molecule has 1 amide bonds. The van der Waals surface area contributed by atoms with Crippen molar-refractivity contribution in [2.45, 2.75) is 70.8 Å². The van der Waals surface area contributed by atoms with Crippen LogP contribution in [0.25, 0.3) is 0 Å². The van der Waals surface area contributed by atoms with Crippen LogP contribution in [0.5, 0.6) is 0 Å². The first-order chi connectivity index (χ1) is 11.6. The van der Waals surface area contributed by atoms with Crippen LogP contribution in [-0.4, -0.2) is 24.5 Å². The second-order valence-corrected chi connectivity index (χ2v) is 9.00. The molecule has 0 radical (unpaired) electrons. The molecule has 5 rings (SSSR count). The van der Waals surface area contributed by atoms with Gasteiger partial charge >= 0.3 is 5.97 Å². The van der Waals surface area contributed by atoms with Crippen molar-refractivity contribution in [3.63, 3.8) is 0 Å². The number of hydrogen-bond acceptors (Lipinski definition) is 3. The molecule has 0 aromatic heterocycles. The summed E-state index contributed by atoms with van der Waals surface area (Å²) in [6, 6.07) is 0.256. The molecule has 0 aromatic rings. The summed E-state index contributed by atoms with van der Waals surface area (Å²) in [6.07, 6.45) is 10.9. The monoisotopic (exact) mass is 333 g/mol. The van der Waals surface area contributed by atoms with E-state index in [1.54, 1.807) is 0 Å². The first-order valence-corrected chi connectivity index (χ1v) is 10.1. The quantitative estimate of drug-likeness (QED) is 0.803. The number of amides is 1. The smallest absolute Gasteiger partial charge is 0.310 e. The van der Waals surface area contributed by atoms with Gasteiger partial charge in [-0.3, -0.25) is 9.59 Å². The normalized spacial score (nSPS) is 43.5. The second kappa shape index (κ2) is 6.68. The summed E-state index contributed by atoms with van der Waals surface area (Å²) in [4.78, 5) is 24.8. The molecule has 0 saturated heterocycles. The lowest BCUT2D eigenvalue weighted by Crippen LogP contribution is -2.49. The Morgan fingerprint density at radius 1 is 0.958 bits per heavy atom. The van der Waals surface area contributed by atoms with Gasteiger partial charge in [-0.25, -0.2) is 0 Å². The highest BCUT2D eigenvalue weighted by Crippen LogP contribution is 2.56. The molecule has 4 nitrogen and oxygen atoms in total. The van der Waals surface area contributed by atoms with E-state index in [1.807, 2.05) is 0 Å². The highest BCUT2D eigenvalue weighted by Gasteiger charge is 2.51. The summed E-state index contributed by atoms with van der Waals surface area (Å²) in [7, 11) is 0. The lowest BCUT2D eigenvalue weighted by molar-refractivity contribution is -0.165. The van der Waals surface area contributed by atoms with Crippen molar-refractivity contribution < 1.29 is 14.3 Å². The third kappa shape index (κ3) is 3.21. The first-order valence-electron chi connectivity index (χ1n) is 10.1. The maximum absolute atomic E-state index is 12.6. The van der Waals surface area contributed by atoms with Crippen LogP contribution in [-0.2, 0) is 14.3 Å². The predicted octanol–water partition coefficient (Wildman–Crippen LogP) is 3.30. The molecule has 5 saturated carbocycles. The number of nitrogens with one attached hydrogen (secondary N) is 1. The summed E-state index contributed by atoms with van der Waals surface area (Å²) in [5.74, 6) is 3.13. The Labute approximate surface area is 145 Å². The molecule has 4 heteroatoms. The lowest BCUT2D eigenvalue weighted by Gasteiger charge is -2.53. The largest absolute Gasteiger partial charge is 0.455 e. The molecule has 0 unspecified atom stereocenters. The Hall–Kier alpha value is -1.06. The van der Waals surface area contributed by atoms with E-state index in [9.17, 15) is 9.59 Å². The summed E-state index contributed by atoms with van der Waals surface area (Å²) in [5, 5.41) is 3.08.